The molecule has 0 amide bonds. The van der Waals surface area contributed by atoms with E-state index >= 15 is 0 Å². The highest BCUT2D eigenvalue weighted by Crippen LogP contribution is 2.41. The fourth-order valence-electron chi connectivity index (χ4n) is 4.68. The molecular formula is C24H22N+. The van der Waals surface area contributed by atoms with Crippen LogP contribution in [0.1, 0.15) is 22.3 Å². The van der Waals surface area contributed by atoms with Crippen LogP contribution in [0.2, 0.25) is 0 Å². The van der Waals surface area contributed by atoms with E-state index in [1.165, 1.54) is 65.5 Å². The zero-order chi connectivity index (χ0) is 17.5. The van der Waals surface area contributed by atoms with Gasteiger partial charge in [-0.3, -0.25) is 0 Å². The lowest BCUT2D eigenvalue weighted by Crippen LogP contribution is -2.29. The quantitative estimate of drug-likeness (QED) is 0.193. The Balaban J connectivity index is 2.32. The topological polar surface area (TPSA) is 3.88 Å². The van der Waals surface area contributed by atoms with Crippen LogP contribution >= 0.6 is 0 Å². The van der Waals surface area contributed by atoms with Gasteiger partial charge in [-0.25, -0.2) is 4.57 Å². The van der Waals surface area contributed by atoms with E-state index in [0.717, 1.165) is 0 Å². The lowest BCUT2D eigenvalue weighted by atomic mass is 9.87. The lowest BCUT2D eigenvalue weighted by molar-refractivity contribution is -0.644. The summed E-state index contributed by atoms with van der Waals surface area (Å²) in [5.41, 5.74) is 6.79. The van der Waals surface area contributed by atoms with Gasteiger partial charge in [-0.05, 0) is 65.9 Å². The first kappa shape index (κ1) is 14.7. The molecule has 0 fully saturated rings. The molecule has 0 N–H and O–H groups in total. The van der Waals surface area contributed by atoms with E-state index in [-0.39, 0.29) is 0 Å². The van der Waals surface area contributed by atoms with Crippen LogP contribution in [0.15, 0.2) is 42.6 Å². The van der Waals surface area contributed by atoms with Crippen molar-refractivity contribution in [3.63, 3.8) is 0 Å². The minimum absolute atomic E-state index is 1.33. The molecule has 25 heavy (non-hydrogen) atoms. The Labute approximate surface area is 147 Å². The third-order valence-electron chi connectivity index (χ3n) is 5.90. The van der Waals surface area contributed by atoms with Crippen molar-refractivity contribution in [1.82, 2.24) is 0 Å². The van der Waals surface area contributed by atoms with Crippen LogP contribution in [0.25, 0.3) is 43.2 Å². The van der Waals surface area contributed by atoms with Gasteiger partial charge in [-0.1, -0.05) is 36.4 Å². The van der Waals surface area contributed by atoms with Gasteiger partial charge in [0.1, 0.15) is 7.05 Å². The molecule has 5 aromatic rings. The Morgan fingerprint density at radius 3 is 2.28 bits per heavy atom. The van der Waals surface area contributed by atoms with E-state index < -0.39 is 0 Å². The van der Waals surface area contributed by atoms with Crippen LogP contribution in [0.3, 0.4) is 0 Å². The normalized spacial score (nSPS) is 12.2. The van der Waals surface area contributed by atoms with Gasteiger partial charge >= 0.3 is 0 Å². The third kappa shape index (κ3) is 1.76. The Morgan fingerprint density at radius 2 is 1.48 bits per heavy atom. The molecular weight excluding hydrogens is 302 g/mol. The van der Waals surface area contributed by atoms with Crippen LogP contribution in [-0.4, -0.2) is 0 Å². The molecule has 122 valence electrons. The summed E-state index contributed by atoms with van der Waals surface area (Å²) in [6.07, 6.45) is 2.28. The number of hydrogen-bond acceptors (Lipinski definition) is 0. The number of nitrogens with zero attached hydrogens (tertiary/aromatic N) is 1. The highest BCUT2D eigenvalue weighted by atomic mass is 14.9. The molecule has 0 aliphatic rings. The highest BCUT2D eigenvalue weighted by Gasteiger charge is 2.22. The molecule has 0 aliphatic carbocycles. The maximum absolute atomic E-state index is 2.36. The summed E-state index contributed by atoms with van der Waals surface area (Å²) in [6.45, 7) is 8.93. The Kier molecular flexibility index (Phi) is 2.75. The van der Waals surface area contributed by atoms with E-state index in [2.05, 4.69) is 81.9 Å². The van der Waals surface area contributed by atoms with Gasteiger partial charge in [0.05, 0.1) is 10.8 Å². The molecule has 0 atom stereocenters. The smallest absolute Gasteiger partial charge is 0.200 e. The van der Waals surface area contributed by atoms with Gasteiger partial charge in [0.2, 0.25) is 5.52 Å². The van der Waals surface area contributed by atoms with E-state index in [0.29, 0.717) is 0 Å². The van der Waals surface area contributed by atoms with Gasteiger partial charge in [-0.2, -0.15) is 0 Å². The van der Waals surface area contributed by atoms with Crippen LogP contribution in [-0.2, 0) is 7.05 Å². The molecule has 0 bridgehead atoms. The molecule has 1 heterocycles. The molecule has 0 aliphatic heterocycles. The second-order valence-electron chi connectivity index (χ2n) is 7.60. The van der Waals surface area contributed by atoms with Crippen LogP contribution in [0.4, 0.5) is 0 Å². The van der Waals surface area contributed by atoms with Gasteiger partial charge in [0, 0.05) is 10.9 Å². The lowest BCUT2D eigenvalue weighted by Gasteiger charge is -2.17. The number of fused-ring (bicyclic) bond motifs is 2. The minimum Gasteiger partial charge on any atom is -0.200 e. The highest BCUT2D eigenvalue weighted by molar-refractivity contribution is 6.32. The second kappa shape index (κ2) is 4.70. The number of hydrogen-bond donors (Lipinski definition) is 0. The summed E-state index contributed by atoms with van der Waals surface area (Å²) < 4.78 is 2.33. The summed E-state index contributed by atoms with van der Waals surface area (Å²) in [5, 5.41) is 9.71. The molecule has 1 heteroatoms. The molecule has 0 unspecified atom stereocenters. The Hall–Kier alpha value is -2.67. The summed E-state index contributed by atoms with van der Waals surface area (Å²) >= 11 is 0. The van der Waals surface area contributed by atoms with Gasteiger partial charge in [0.25, 0.3) is 0 Å². The SMILES string of the molecule is Cc1cc2c(C)c[n+](C)c3c4c(C)c(C)cc5cccc(c(c1)c23)c54. The molecule has 0 radical (unpaired) electrons. The summed E-state index contributed by atoms with van der Waals surface area (Å²) in [4.78, 5) is 0. The Morgan fingerprint density at radius 1 is 0.720 bits per heavy atom. The van der Waals surface area contributed by atoms with E-state index in [9.17, 15) is 0 Å². The zero-order valence-corrected chi connectivity index (χ0v) is 15.5. The standard InChI is InChI=1S/C24H22N/c1-13-9-19-15(3)12-25(5)24-21-16(4)14(2)11-17-7-6-8-18(22(17)21)20(10-13)23(19)24/h6-12H,1-5H3/q+1. The predicted molar refractivity (Wildman–Crippen MR) is 108 cm³/mol. The third-order valence-corrected chi connectivity index (χ3v) is 5.90. The maximum Gasteiger partial charge on any atom is 0.221 e. The number of rotatable bonds is 0. The Bertz CT molecular complexity index is 1330. The molecule has 0 spiro atoms. The molecule has 1 nitrogen and oxygen atoms in total. The maximum atomic E-state index is 2.36. The first-order chi connectivity index (χ1) is 12.0. The van der Waals surface area contributed by atoms with Crippen molar-refractivity contribution in [2.45, 2.75) is 27.7 Å². The number of aromatic nitrogens is 1. The van der Waals surface area contributed by atoms with Crippen molar-refractivity contribution in [2.75, 3.05) is 0 Å². The van der Waals surface area contributed by atoms with Crippen molar-refractivity contribution in [3.05, 3.63) is 64.8 Å². The summed E-state index contributed by atoms with van der Waals surface area (Å²) in [7, 11) is 2.19. The first-order valence-corrected chi connectivity index (χ1v) is 8.94. The molecule has 0 saturated carbocycles. The fraction of sp³-hybridized carbons (Fsp3) is 0.208. The van der Waals surface area contributed by atoms with E-state index in [1.54, 1.807) is 0 Å². The molecule has 1 aromatic heterocycles. The molecule has 0 saturated heterocycles. The van der Waals surface area contributed by atoms with Gasteiger partial charge in [0.15, 0.2) is 6.20 Å². The van der Waals surface area contributed by atoms with Crippen molar-refractivity contribution >= 4 is 43.2 Å². The fourth-order valence-corrected chi connectivity index (χ4v) is 4.68. The second-order valence-corrected chi connectivity index (χ2v) is 7.60. The van der Waals surface area contributed by atoms with Crippen LogP contribution < -0.4 is 4.57 Å². The van der Waals surface area contributed by atoms with Gasteiger partial charge < -0.3 is 0 Å². The van der Waals surface area contributed by atoms with E-state index in [1.807, 2.05) is 0 Å². The van der Waals surface area contributed by atoms with Crippen LogP contribution in [0, 0.1) is 27.7 Å². The largest absolute Gasteiger partial charge is 0.221 e. The van der Waals surface area contributed by atoms with Gasteiger partial charge in [-0.15, -0.1) is 0 Å². The number of pyridine rings is 1. The first-order valence-electron chi connectivity index (χ1n) is 8.94. The number of benzene rings is 4. The van der Waals surface area contributed by atoms with Crippen LogP contribution in [0.5, 0.6) is 0 Å². The zero-order valence-electron chi connectivity index (χ0n) is 15.5. The monoisotopic (exact) mass is 324 g/mol. The predicted octanol–water partition coefficient (Wildman–Crippen LogP) is 5.80. The van der Waals surface area contributed by atoms with Crippen molar-refractivity contribution in [1.29, 1.82) is 0 Å². The number of aryl methyl sites for hydroxylation is 5. The van der Waals surface area contributed by atoms with Crippen molar-refractivity contribution in [2.24, 2.45) is 7.05 Å². The average molecular weight is 324 g/mol. The van der Waals surface area contributed by atoms with Crippen molar-refractivity contribution in [3.8, 4) is 0 Å². The summed E-state index contributed by atoms with van der Waals surface area (Å²) in [6, 6.07) is 13.8. The average Bonchev–Trinajstić information content (AvgIpc) is 2.57. The summed E-state index contributed by atoms with van der Waals surface area (Å²) in [5.74, 6) is 0. The molecule has 5 rings (SSSR count). The minimum atomic E-state index is 1.33. The molecule has 4 aromatic carbocycles. The van der Waals surface area contributed by atoms with E-state index in [4.69, 9.17) is 0 Å². The van der Waals surface area contributed by atoms with Crippen molar-refractivity contribution < 1.29 is 4.57 Å².